The van der Waals surface area contributed by atoms with Gasteiger partial charge in [-0.25, -0.2) is 0 Å². The Kier molecular flexibility index (Phi) is 4.38. The lowest BCUT2D eigenvalue weighted by atomic mass is 10.1. The van der Waals surface area contributed by atoms with E-state index in [1.807, 2.05) is 63.2 Å². The molecule has 2 amide bonds. The minimum absolute atomic E-state index is 0.00159. The Labute approximate surface area is 142 Å². The Morgan fingerprint density at radius 1 is 1.08 bits per heavy atom. The van der Waals surface area contributed by atoms with E-state index in [4.69, 9.17) is 0 Å². The molecule has 1 aliphatic rings. The first-order chi connectivity index (χ1) is 11.4. The van der Waals surface area contributed by atoms with Gasteiger partial charge in [0.1, 0.15) is 0 Å². The van der Waals surface area contributed by atoms with Crippen molar-refractivity contribution in [2.75, 3.05) is 16.8 Å². The zero-order valence-electron chi connectivity index (χ0n) is 14.3. The fourth-order valence-electron chi connectivity index (χ4n) is 3.03. The minimum atomic E-state index is -0.321. The molecule has 0 bridgehead atoms. The first-order valence-corrected chi connectivity index (χ1v) is 8.19. The van der Waals surface area contributed by atoms with E-state index >= 15 is 0 Å². The third kappa shape index (κ3) is 3.32. The second-order valence-corrected chi connectivity index (χ2v) is 6.55. The first kappa shape index (κ1) is 16.2. The highest BCUT2D eigenvalue weighted by Gasteiger charge is 2.35. The minimum Gasteiger partial charge on any atom is -0.326 e. The smallest absolute Gasteiger partial charge is 0.229 e. The number of anilines is 2. The molecule has 2 aromatic carbocycles. The molecule has 0 unspecified atom stereocenters. The van der Waals surface area contributed by atoms with Crippen molar-refractivity contribution in [2.24, 2.45) is 5.92 Å². The Balaban J connectivity index is 1.73. The molecular weight excluding hydrogens is 300 g/mol. The van der Waals surface area contributed by atoms with Crippen molar-refractivity contribution in [3.8, 4) is 0 Å². The Bertz CT molecular complexity index is 798. The number of benzene rings is 2. The van der Waals surface area contributed by atoms with E-state index in [1.165, 1.54) is 0 Å². The molecule has 0 aliphatic carbocycles. The van der Waals surface area contributed by atoms with Crippen LogP contribution in [0.4, 0.5) is 11.4 Å². The van der Waals surface area contributed by atoms with Gasteiger partial charge in [0.25, 0.3) is 0 Å². The molecule has 1 fully saturated rings. The molecule has 24 heavy (non-hydrogen) atoms. The number of nitrogens with one attached hydrogen (secondary N) is 1. The van der Waals surface area contributed by atoms with Crippen molar-refractivity contribution in [3.63, 3.8) is 0 Å². The third-order valence-electron chi connectivity index (χ3n) is 4.46. The number of aryl methyl sites for hydroxylation is 3. The van der Waals surface area contributed by atoms with Crippen molar-refractivity contribution >= 4 is 23.2 Å². The summed E-state index contributed by atoms with van der Waals surface area (Å²) in [7, 11) is 0. The first-order valence-electron chi connectivity index (χ1n) is 8.19. The molecule has 0 radical (unpaired) electrons. The third-order valence-corrected chi connectivity index (χ3v) is 4.46. The highest BCUT2D eigenvalue weighted by atomic mass is 16.2. The zero-order valence-corrected chi connectivity index (χ0v) is 14.3. The van der Waals surface area contributed by atoms with Crippen LogP contribution in [0.1, 0.15) is 23.1 Å². The molecule has 0 spiro atoms. The Hall–Kier alpha value is -2.62. The van der Waals surface area contributed by atoms with Crippen LogP contribution in [0.25, 0.3) is 0 Å². The molecule has 0 saturated carbocycles. The Morgan fingerprint density at radius 3 is 2.58 bits per heavy atom. The van der Waals surface area contributed by atoms with Crippen molar-refractivity contribution in [2.45, 2.75) is 27.2 Å². The molecule has 4 heteroatoms. The molecule has 1 saturated heterocycles. The van der Waals surface area contributed by atoms with E-state index in [-0.39, 0.29) is 24.2 Å². The molecular formula is C20H22N2O2. The van der Waals surface area contributed by atoms with E-state index < -0.39 is 0 Å². The summed E-state index contributed by atoms with van der Waals surface area (Å²) in [6.07, 6.45) is 0.255. The summed E-state index contributed by atoms with van der Waals surface area (Å²) in [5.41, 5.74) is 4.90. The van der Waals surface area contributed by atoms with Crippen LogP contribution < -0.4 is 10.2 Å². The average Bonchev–Trinajstić information content (AvgIpc) is 2.93. The van der Waals surface area contributed by atoms with Gasteiger partial charge in [-0.2, -0.15) is 0 Å². The number of rotatable bonds is 3. The summed E-state index contributed by atoms with van der Waals surface area (Å²) >= 11 is 0. The van der Waals surface area contributed by atoms with Crippen LogP contribution in [0.3, 0.4) is 0 Å². The highest BCUT2D eigenvalue weighted by Crippen LogP contribution is 2.27. The maximum atomic E-state index is 12.6. The van der Waals surface area contributed by atoms with Crippen LogP contribution in [0, 0.1) is 26.7 Å². The van der Waals surface area contributed by atoms with Gasteiger partial charge >= 0.3 is 0 Å². The van der Waals surface area contributed by atoms with Gasteiger partial charge in [-0.1, -0.05) is 24.3 Å². The fourth-order valence-corrected chi connectivity index (χ4v) is 3.03. The predicted molar refractivity (Wildman–Crippen MR) is 96.2 cm³/mol. The molecule has 1 N–H and O–H groups in total. The number of carbonyl (C=O) groups is 2. The molecule has 3 rings (SSSR count). The van der Waals surface area contributed by atoms with Gasteiger partial charge < -0.3 is 10.2 Å². The summed E-state index contributed by atoms with van der Waals surface area (Å²) in [5.74, 6) is -0.410. The topological polar surface area (TPSA) is 49.4 Å². The Morgan fingerprint density at radius 2 is 1.83 bits per heavy atom. The van der Waals surface area contributed by atoms with Gasteiger partial charge in [0, 0.05) is 24.3 Å². The van der Waals surface area contributed by atoms with E-state index in [1.54, 1.807) is 4.90 Å². The van der Waals surface area contributed by atoms with Crippen molar-refractivity contribution in [1.29, 1.82) is 0 Å². The second kappa shape index (κ2) is 6.48. The van der Waals surface area contributed by atoms with E-state index in [2.05, 4.69) is 5.32 Å². The summed E-state index contributed by atoms with van der Waals surface area (Å²) in [6.45, 7) is 6.38. The number of hydrogen-bond acceptors (Lipinski definition) is 2. The lowest BCUT2D eigenvalue weighted by Crippen LogP contribution is -2.28. The number of amides is 2. The molecule has 4 nitrogen and oxygen atoms in total. The SMILES string of the molecule is Cc1cccc(N2C[C@@H](C(=O)Nc3cc(C)ccc3C)CC2=O)c1. The zero-order chi connectivity index (χ0) is 17.3. The van der Waals surface area contributed by atoms with Crippen molar-refractivity contribution in [1.82, 2.24) is 0 Å². The summed E-state index contributed by atoms with van der Waals surface area (Å²) in [6, 6.07) is 13.8. The van der Waals surface area contributed by atoms with Crippen LogP contribution in [0.5, 0.6) is 0 Å². The molecule has 1 heterocycles. The highest BCUT2D eigenvalue weighted by molar-refractivity contribution is 6.03. The van der Waals surface area contributed by atoms with Crippen molar-refractivity contribution in [3.05, 3.63) is 59.2 Å². The van der Waals surface area contributed by atoms with Crippen molar-refractivity contribution < 1.29 is 9.59 Å². The van der Waals surface area contributed by atoms with Gasteiger partial charge in [0.2, 0.25) is 11.8 Å². The van der Waals surface area contributed by atoms with Gasteiger partial charge in [-0.3, -0.25) is 9.59 Å². The van der Waals surface area contributed by atoms with E-state index in [9.17, 15) is 9.59 Å². The van der Waals surface area contributed by atoms with Crippen LogP contribution in [-0.4, -0.2) is 18.4 Å². The normalized spacial score (nSPS) is 17.2. The summed E-state index contributed by atoms with van der Waals surface area (Å²) in [4.78, 5) is 26.6. The van der Waals surface area contributed by atoms with Crippen LogP contribution >= 0.6 is 0 Å². The largest absolute Gasteiger partial charge is 0.326 e. The van der Waals surface area contributed by atoms with Crippen LogP contribution in [0.15, 0.2) is 42.5 Å². The van der Waals surface area contributed by atoms with Gasteiger partial charge in [0.05, 0.1) is 5.92 Å². The molecule has 2 aromatic rings. The molecule has 1 atom stereocenters. The van der Waals surface area contributed by atoms with Gasteiger partial charge in [-0.15, -0.1) is 0 Å². The van der Waals surface area contributed by atoms with E-state index in [0.29, 0.717) is 6.54 Å². The fraction of sp³-hybridized carbons (Fsp3) is 0.300. The lowest BCUT2D eigenvalue weighted by molar-refractivity contribution is -0.122. The maximum absolute atomic E-state index is 12.6. The monoisotopic (exact) mass is 322 g/mol. The maximum Gasteiger partial charge on any atom is 0.229 e. The van der Waals surface area contributed by atoms with Crippen LogP contribution in [0.2, 0.25) is 0 Å². The molecule has 0 aromatic heterocycles. The van der Waals surface area contributed by atoms with Gasteiger partial charge in [0.15, 0.2) is 0 Å². The standard InChI is InChI=1S/C20H22N2O2/c1-13-5-4-6-17(9-13)22-12-16(11-19(22)23)20(24)21-18-10-14(2)7-8-15(18)3/h4-10,16H,11-12H2,1-3H3,(H,21,24)/t16-/m0/s1. The molecule has 124 valence electrons. The average molecular weight is 322 g/mol. The number of nitrogens with zero attached hydrogens (tertiary/aromatic N) is 1. The second-order valence-electron chi connectivity index (χ2n) is 6.55. The quantitative estimate of drug-likeness (QED) is 0.938. The van der Waals surface area contributed by atoms with E-state index in [0.717, 1.165) is 28.1 Å². The van der Waals surface area contributed by atoms with Crippen LogP contribution in [-0.2, 0) is 9.59 Å². The predicted octanol–water partition coefficient (Wildman–Crippen LogP) is 3.60. The summed E-state index contributed by atoms with van der Waals surface area (Å²) < 4.78 is 0. The summed E-state index contributed by atoms with van der Waals surface area (Å²) in [5, 5.41) is 2.98. The molecule has 1 aliphatic heterocycles. The number of carbonyl (C=O) groups excluding carboxylic acids is 2. The number of hydrogen-bond donors (Lipinski definition) is 1. The lowest BCUT2D eigenvalue weighted by Gasteiger charge is -2.17. The van der Waals surface area contributed by atoms with Gasteiger partial charge in [-0.05, 0) is 55.7 Å².